The van der Waals surface area contributed by atoms with Crippen LogP contribution in [0.2, 0.25) is 5.02 Å². The fourth-order valence-corrected chi connectivity index (χ4v) is 3.10. The maximum Gasteiger partial charge on any atom is 0.0686 e. The number of nitrogens with zero attached hydrogens (tertiary/aromatic N) is 3. The zero-order valence-corrected chi connectivity index (χ0v) is 14.4. The van der Waals surface area contributed by atoms with Crippen molar-refractivity contribution < 1.29 is 0 Å². The third-order valence-corrected chi connectivity index (χ3v) is 4.26. The molecule has 0 spiro atoms. The maximum atomic E-state index is 6.20. The van der Waals surface area contributed by atoms with Crippen LogP contribution in [0.4, 0.5) is 5.69 Å². The number of aromatic nitrogens is 2. The highest BCUT2D eigenvalue weighted by molar-refractivity contribution is 6.31. The van der Waals surface area contributed by atoms with Gasteiger partial charge in [0.05, 0.1) is 11.7 Å². The van der Waals surface area contributed by atoms with Crippen molar-refractivity contribution in [2.75, 3.05) is 32.1 Å². The average Bonchev–Trinajstić information content (AvgIpc) is 2.95. The highest BCUT2D eigenvalue weighted by Gasteiger charge is 2.22. The number of halogens is 1. The van der Waals surface area contributed by atoms with Crippen molar-refractivity contribution in [1.82, 2.24) is 15.1 Å². The number of rotatable bonds is 2. The summed E-state index contributed by atoms with van der Waals surface area (Å²) in [5.41, 5.74) is 2.21. The lowest BCUT2D eigenvalue weighted by Crippen LogP contribution is -2.42. The number of aromatic amines is 1. The number of hydrogen-bond donors (Lipinski definition) is 1. The summed E-state index contributed by atoms with van der Waals surface area (Å²) in [7, 11) is 4.32. The first kappa shape index (κ1) is 16.8. The Morgan fingerprint density at radius 3 is 2.59 bits per heavy atom. The van der Waals surface area contributed by atoms with Gasteiger partial charge in [-0.2, -0.15) is 5.10 Å². The SMILES string of the molecule is C=CC.CN(C)C1CCN(c2cc(Cl)cc3[nH]ncc23)CC1. The van der Waals surface area contributed by atoms with Gasteiger partial charge in [-0.05, 0) is 46.0 Å². The number of benzene rings is 1. The Balaban J connectivity index is 0.000000545. The Morgan fingerprint density at radius 1 is 1.36 bits per heavy atom. The molecule has 2 heterocycles. The van der Waals surface area contributed by atoms with Crippen molar-refractivity contribution in [3.8, 4) is 0 Å². The maximum absolute atomic E-state index is 6.20. The van der Waals surface area contributed by atoms with Crippen LogP contribution in [-0.4, -0.2) is 48.3 Å². The Morgan fingerprint density at radius 2 is 2.00 bits per heavy atom. The molecule has 0 atom stereocenters. The van der Waals surface area contributed by atoms with Gasteiger partial charge in [-0.1, -0.05) is 17.7 Å². The standard InChI is InChI=1S/C14H19ClN4.C3H6/c1-18(2)11-3-5-19(6-4-11)14-8-10(15)7-13-12(14)9-16-17-13;1-3-2/h7-9,11H,3-6H2,1-2H3,(H,16,17);3H,1H2,2H3. The first-order valence-electron chi connectivity index (χ1n) is 7.67. The molecular weight excluding hydrogens is 296 g/mol. The second-order valence-corrected chi connectivity index (χ2v) is 6.28. The molecule has 120 valence electrons. The van der Waals surface area contributed by atoms with Crippen LogP contribution in [0, 0.1) is 0 Å². The molecule has 5 heteroatoms. The molecule has 0 unspecified atom stereocenters. The van der Waals surface area contributed by atoms with Gasteiger partial charge in [0.1, 0.15) is 0 Å². The molecule has 1 aromatic carbocycles. The second-order valence-electron chi connectivity index (χ2n) is 5.85. The van der Waals surface area contributed by atoms with Crippen LogP contribution in [-0.2, 0) is 0 Å². The Labute approximate surface area is 137 Å². The van der Waals surface area contributed by atoms with Crippen LogP contribution in [0.1, 0.15) is 19.8 Å². The zero-order chi connectivity index (χ0) is 16.1. The summed E-state index contributed by atoms with van der Waals surface area (Å²) < 4.78 is 0. The highest BCUT2D eigenvalue weighted by Crippen LogP contribution is 2.31. The van der Waals surface area contributed by atoms with Crippen LogP contribution in [0.15, 0.2) is 31.0 Å². The van der Waals surface area contributed by atoms with Crippen LogP contribution in [0.25, 0.3) is 10.9 Å². The summed E-state index contributed by atoms with van der Waals surface area (Å²) >= 11 is 6.20. The van der Waals surface area contributed by atoms with Gasteiger partial charge in [-0.25, -0.2) is 0 Å². The van der Waals surface area contributed by atoms with Gasteiger partial charge in [0.2, 0.25) is 0 Å². The van der Waals surface area contributed by atoms with Crippen LogP contribution < -0.4 is 4.90 Å². The van der Waals surface area contributed by atoms with Gasteiger partial charge >= 0.3 is 0 Å². The molecular formula is C17H25ClN4. The number of nitrogens with one attached hydrogen (secondary N) is 1. The minimum absolute atomic E-state index is 0.690. The van der Waals surface area contributed by atoms with E-state index in [0.29, 0.717) is 6.04 Å². The molecule has 22 heavy (non-hydrogen) atoms. The summed E-state index contributed by atoms with van der Waals surface area (Å²) in [6, 6.07) is 4.67. The molecule has 1 aliphatic heterocycles. The van der Waals surface area contributed by atoms with Gasteiger partial charge in [0.15, 0.2) is 0 Å². The van der Waals surface area contributed by atoms with E-state index < -0.39 is 0 Å². The van der Waals surface area contributed by atoms with Crippen molar-refractivity contribution in [3.63, 3.8) is 0 Å². The lowest BCUT2D eigenvalue weighted by molar-refractivity contribution is 0.250. The summed E-state index contributed by atoms with van der Waals surface area (Å²) in [5.74, 6) is 0. The number of anilines is 1. The molecule has 2 aromatic rings. The first-order chi connectivity index (χ1) is 10.6. The lowest BCUT2D eigenvalue weighted by Gasteiger charge is -2.36. The number of fused-ring (bicyclic) bond motifs is 1. The van der Waals surface area contributed by atoms with Crippen molar-refractivity contribution in [2.24, 2.45) is 0 Å². The number of allylic oxidation sites excluding steroid dienone is 1. The molecule has 1 N–H and O–H groups in total. The van der Waals surface area contributed by atoms with Gasteiger partial charge in [0, 0.05) is 35.2 Å². The van der Waals surface area contributed by atoms with E-state index in [2.05, 4.69) is 46.7 Å². The molecule has 1 fully saturated rings. The van der Waals surface area contributed by atoms with Crippen LogP contribution in [0.3, 0.4) is 0 Å². The van der Waals surface area contributed by atoms with Crippen molar-refractivity contribution in [2.45, 2.75) is 25.8 Å². The van der Waals surface area contributed by atoms with E-state index in [9.17, 15) is 0 Å². The molecule has 0 bridgehead atoms. The Hall–Kier alpha value is -1.52. The average molecular weight is 321 g/mol. The Bertz CT molecular complexity index is 612. The van der Waals surface area contributed by atoms with Crippen LogP contribution >= 0.6 is 11.6 Å². The minimum atomic E-state index is 0.690. The molecule has 3 rings (SSSR count). The van der Waals surface area contributed by atoms with Gasteiger partial charge in [-0.15, -0.1) is 6.58 Å². The lowest BCUT2D eigenvalue weighted by atomic mass is 10.0. The number of H-pyrrole nitrogens is 1. The largest absolute Gasteiger partial charge is 0.371 e. The van der Waals surface area contributed by atoms with E-state index in [1.165, 1.54) is 18.5 Å². The van der Waals surface area contributed by atoms with Crippen molar-refractivity contribution in [1.29, 1.82) is 0 Å². The molecule has 4 nitrogen and oxygen atoms in total. The zero-order valence-electron chi connectivity index (χ0n) is 13.6. The summed E-state index contributed by atoms with van der Waals surface area (Å²) in [6.07, 6.45) is 6.02. The number of hydrogen-bond acceptors (Lipinski definition) is 3. The molecule has 0 saturated carbocycles. The predicted molar refractivity (Wildman–Crippen MR) is 95.9 cm³/mol. The third kappa shape index (κ3) is 3.81. The minimum Gasteiger partial charge on any atom is -0.371 e. The Kier molecular flexibility index (Phi) is 5.86. The van der Waals surface area contributed by atoms with Crippen molar-refractivity contribution >= 4 is 28.2 Å². The normalized spacial score (nSPS) is 15.8. The van der Waals surface area contributed by atoms with E-state index in [0.717, 1.165) is 29.0 Å². The molecule has 1 aromatic heterocycles. The smallest absolute Gasteiger partial charge is 0.0686 e. The molecule has 0 radical (unpaired) electrons. The fourth-order valence-electron chi connectivity index (χ4n) is 2.88. The predicted octanol–water partition coefficient (Wildman–Crippen LogP) is 3.94. The van der Waals surface area contributed by atoms with E-state index in [-0.39, 0.29) is 0 Å². The van der Waals surface area contributed by atoms with E-state index in [4.69, 9.17) is 11.6 Å². The highest BCUT2D eigenvalue weighted by atomic mass is 35.5. The van der Waals surface area contributed by atoms with Gasteiger partial charge in [-0.3, -0.25) is 5.10 Å². The van der Waals surface area contributed by atoms with E-state index in [1.807, 2.05) is 19.2 Å². The molecule has 1 aliphatic rings. The number of piperidine rings is 1. The first-order valence-corrected chi connectivity index (χ1v) is 8.05. The van der Waals surface area contributed by atoms with Gasteiger partial charge in [0.25, 0.3) is 0 Å². The topological polar surface area (TPSA) is 35.2 Å². The monoisotopic (exact) mass is 320 g/mol. The van der Waals surface area contributed by atoms with E-state index in [1.54, 1.807) is 6.08 Å². The molecule has 0 aliphatic carbocycles. The third-order valence-electron chi connectivity index (χ3n) is 4.04. The summed E-state index contributed by atoms with van der Waals surface area (Å²) in [6.45, 7) is 7.40. The molecule has 0 amide bonds. The molecule has 1 saturated heterocycles. The quantitative estimate of drug-likeness (QED) is 0.851. The fraction of sp³-hybridized carbons (Fsp3) is 0.471. The van der Waals surface area contributed by atoms with E-state index >= 15 is 0 Å². The second kappa shape index (κ2) is 7.65. The van der Waals surface area contributed by atoms with Crippen LogP contribution in [0.5, 0.6) is 0 Å². The summed E-state index contributed by atoms with van der Waals surface area (Å²) in [5, 5.41) is 9.05. The summed E-state index contributed by atoms with van der Waals surface area (Å²) in [4.78, 5) is 4.74. The van der Waals surface area contributed by atoms with Crippen molar-refractivity contribution in [3.05, 3.63) is 36.0 Å². The van der Waals surface area contributed by atoms with Gasteiger partial charge < -0.3 is 9.80 Å².